The second-order valence-electron chi connectivity index (χ2n) is 5.47. The summed E-state index contributed by atoms with van der Waals surface area (Å²) in [6.07, 6.45) is 0. The van der Waals surface area contributed by atoms with Crippen LogP contribution in [0, 0.1) is 31.0 Å². The molecule has 25 heavy (non-hydrogen) atoms. The van der Waals surface area contributed by atoms with Crippen molar-refractivity contribution in [2.75, 3.05) is 7.05 Å². The Morgan fingerprint density at radius 2 is 2.00 bits per heavy atom. The van der Waals surface area contributed by atoms with Gasteiger partial charge in [0, 0.05) is 44.0 Å². The van der Waals surface area contributed by atoms with E-state index in [0.29, 0.717) is 23.6 Å². The summed E-state index contributed by atoms with van der Waals surface area (Å²) in [6, 6.07) is 6.30. The molecule has 0 spiro atoms. The van der Waals surface area contributed by atoms with E-state index in [0.717, 1.165) is 17.0 Å². The fourth-order valence-corrected chi connectivity index (χ4v) is 2.42. The standard InChI is InChI=1S/C17H21FN6.HI/c1-11-15(12(2)24(4)23-11)10-22-17(20-3)21-9-14-7-13(8-19)5-6-16(14)18;/h5-7H,9-10H2,1-4H3,(H2,20,21,22);1H. The number of aryl methyl sites for hydroxylation is 2. The SMILES string of the molecule is CN=C(NCc1cc(C#N)ccc1F)NCc1c(C)nn(C)c1C.I. The van der Waals surface area contributed by atoms with Gasteiger partial charge in [-0.05, 0) is 32.0 Å². The number of aliphatic imine (C=N–C) groups is 1. The molecule has 1 aromatic carbocycles. The summed E-state index contributed by atoms with van der Waals surface area (Å²) in [5.41, 5.74) is 4.01. The van der Waals surface area contributed by atoms with Gasteiger partial charge in [-0.3, -0.25) is 9.67 Å². The number of nitrogens with one attached hydrogen (secondary N) is 2. The molecule has 1 aromatic heterocycles. The van der Waals surface area contributed by atoms with Gasteiger partial charge in [0.2, 0.25) is 0 Å². The van der Waals surface area contributed by atoms with E-state index >= 15 is 0 Å². The minimum atomic E-state index is -0.351. The number of rotatable bonds is 4. The van der Waals surface area contributed by atoms with E-state index in [9.17, 15) is 4.39 Å². The van der Waals surface area contributed by atoms with Crippen molar-refractivity contribution in [3.63, 3.8) is 0 Å². The average molecular weight is 456 g/mol. The van der Waals surface area contributed by atoms with Crippen LogP contribution >= 0.6 is 24.0 Å². The largest absolute Gasteiger partial charge is 0.352 e. The molecule has 134 valence electrons. The number of nitrogens with zero attached hydrogens (tertiary/aromatic N) is 4. The molecule has 0 saturated heterocycles. The van der Waals surface area contributed by atoms with Crippen LogP contribution in [0.2, 0.25) is 0 Å². The van der Waals surface area contributed by atoms with E-state index < -0.39 is 0 Å². The normalized spacial score (nSPS) is 10.8. The Bertz CT molecular complexity index is 806. The molecule has 0 fully saturated rings. The number of aromatic nitrogens is 2. The smallest absolute Gasteiger partial charge is 0.191 e. The molecule has 1 heterocycles. The molecule has 0 saturated carbocycles. The van der Waals surface area contributed by atoms with Crippen LogP contribution in [0.25, 0.3) is 0 Å². The second kappa shape index (κ2) is 9.36. The predicted octanol–water partition coefficient (Wildman–Crippen LogP) is 2.53. The molecule has 8 heteroatoms. The third-order valence-electron chi connectivity index (χ3n) is 3.94. The Morgan fingerprint density at radius 3 is 2.56 bits per heavy atom. The van der Waals surface area contributed by atoms with Crippen LogP contribution in [0.15, 0.2) is 23.2 Å². The van der Waals surface area contributed by atoms with Gasteiger partial charge in [-0.1, -0.05) is 0 Å². The first-order valence-electron chi connectivity index (χ1n) is 7.58. The van der Waals surface area contributed by atoms with Gasteiger partial charge in [0.15, 0.2) is 5.96 Å². The van der Waals surface area contributed by atoms with Crippen molar-refractivity contribution >= 4 is 29.9 Å². The van der Waals surface area contributed by atoms with Gasteiger partial charge in [-0.25, -0.2) is 4.39 Å². The van der Waals surface area contributed by atoms with E-state index in [4.69, 9.17) is 5.26 Å². The summed E-state index contributed by atoms with van der Waals surface area (Å²) in [4.78, 5) is 4.14. The zero-order chi connectivity index (χ0) is 17.7. The van der Waals surface area contributed by atoms with Crippen LogP contribution in [-0.2, 0) is 20.1 Å². The van der Waals surface area contributed by atoms with Crippen molar-refractivity contribution in [1.29, 1.82) is 5.26 Å². The van der Waals surface area contributed by atoms with E-state index in [1.165, 1.54) is 18.2 Å². The molecule has 0 amide bonds. The fourth-order valence-electron chi connectivity index (χ4n) is 2.42. The molecule has 0 radical (unpaired) electrons. The van der Waals surface area contributed by atoms with Crippen LogP contribution in [0.5, 0.6) is 0 Å². The molecule has 2 rings (SSSR count). The van der Waals surface area contributed by atoms with Gasteiger partial charge in [0.25, 0.3) is 0 Å². The van der Waals surface area contributed by atoms with E-state index in [-0.39, 0.29) is 36.3 Å². The minimum Gasteiger partial charge on any atom is -0.352 e. The summed E-state index contributed by atoms with van der Waals surface area (Å²) in [5.74, 6) is 0.204. The fraction of sp³-hybridized carbons (Fsp3) is 0.353. The molecule has 0 bridgehead atoms. The van der Waals surface area contributed by atoms with Crippen molar-refractivity contribution in [2.45, 2.75) is 26.9 Å². The molecule has 0 unspecified atom stereocenters. The lowest BCUT2D eigenvalue weighted by molar-refractivity contribution is 0.604. The maximum Gasteiger partial charge on any atom is 0.191 e. The van der Waals surface area contributed by atoms with Crippen LogP contribution in [-0.4, -0.2) is 22.8 Å². The van der Waals surface area contributed by atoms with Crippen molar-refractivity contribution in [2.24, 2.45) is 12.0 Å². The van der Waals surface area contributed by atoms with Gasteiger partial charge < -0.3 is 10.6 Å². The molecule has 2 N–H and O–H groups in total. The number of guanidine groups is 1. The van der Waals surface area contributed by atoms with E-state index in [2.05, 4.69) is 20.7 Å². The maximum atomic E-state index is 13.8. The van der Waals surface area contributed by atoms with Crippen LogP contribution in [0.1, 0.15) is 28.1 Å². The monoisotopic (exact) mass is 456 g/mol. The zero-order valence-corrected chi connectivity index (χ0v) is 17.1. The lowest BCUT2D eigenvalue weighted by Crippen LogP contribution is -2.36. The molecule has 6 nitrogen and oxygen atoms in total. The number of hydrogen-bond donors (Lipinski definition) is 2. The molecular formula is C17H22FIN6. The van der Waals surface area contributed by atoms with Gasteiger partial charge in [-0.15, -0.1) is 24.0 Å². The summed E-state index contributed by atoms with van der Waals surface area (Å²) in [6.45, 7) is 4.79. The van der Waals surface area contributed by atoms with Gasteiger partial charge in [0.05, 0.1) is 17.3 Å². The van der Waals surface area contributed by atoms with Gasteiger partial charge in [0.1, 0.15) is 5.82 Å². The average Bonchev–Trinajstić information content (AvgIpc) is 2.82. The highest BCUT2D eigenvalue weighted by Crippen LogP contribution is 2.12. The Labute approximate surface area is 164 Å². The Morgan fingerprint density at radius 1 is 1.32 bits per heavy atom. The summed E-state index contributed by atoms with van der Waals surface area (Å²) >= 11 is 0. The van der Waals surface area contributed by atoms with Crippen LogP contribution in [0.3, 0.4) is 0 Å². The molecule has 0 aliphatic rings. The number of nitriles is 1. The first kappa shape index (κ1) is 20.9. The Kier molecular flexibility index (Phi) is 7.83. The van der Waals surface area contributed by atoms with E-state index in [1.54, 1.807) is 7.05 Å². The molecule has 0 aliphatic carbocycles. The van der Waals surface area contributed by atoms with Gasteiger partial charge in [-0.2, -0.15) is 10.4 Å². The second-order valence-corrected chi connectivity index (χ2v) is 5.47. The van der Waals surface area contributed by atoms with Crippen LogP contribution < -0.4 is 10.6 Å². The van der Waals surface area contributed by atoms with Gasteiger partial charge >= 0.3 is 0 Å². The van der Waals surface area contributed by atoms with Crippen molar-refractivity contribution < 1.29 is 4.39 Å². The summed E-state index contributed by atoms with van der Waals surface area (Å²) < 4.78 is 15.6. The summed E-state index contributed by atoms with van der Waals surface area (Å²) in [7, 11) is 3.56. The third kappa shape index (κ3) is 5.16. The Hall–Kier alpha value is -2.15. The lowest BCUT2D eigenvalue weighted by Gasteiger charge is -2.13. The highest BCUT2D eigenvalue weighted by Gasteiger charge is 2.10. The lowest BCUT2D eigenvalue weighted by atomic mass is 10.1. The number of halogens is 2. The minimum absolute atomic E-state index is 0. The van der Waals surface area contributed by atoms with Crippen LogP contribution in [0.4, 0.5) is 4.39 Å². The zero-order valence-electron chi connectivity index (χ0n) is 14.7. The molecule has 0 aliphatic heterocycles. The topological polar surface area (TPSA) is 78.0 Å². The van der Waals surface area contributed by atoms with Crippen molar-refractivity contribution in [1.82, 2.24) is 20.4 Å². The number of hydrogen-bond acceptors (Lipinski definition) is 3. The highest BCUT2D eigenvalue weighted by molar-refractivity contribution is 14.0. The highest BCUT2D eigenvalue weighted by atomic mass is 127. The van der Waals surface area contributed by atoms with Crippen molar-refractivity contribution in [3.05, 3.63) is 52.1 Å². The molecule has 0 atom stereocenters. The summed E-state index contributed by atoms with van der Waals surface area (Å²) in [5, 5.41) is 19.5. The first-order valence-corrected chi connectivity index (χ1v) is 7.58. The number of benzene rings is 1. The third-order valence-corrected chi connectivity index (χ3v) is 3.94. The quantitative estimate of drug-likeness (QED) is 0.421. The maximum absolute atomic E-state index is 13.8. The molecular weight excluding hydrogens is 434 g/mol. The first-order chi connectivity index (χ1) is 11.5. The molecule has 2 aromatic rings. The van der Waals surface area contributed by atoms with Crippen molar-refractivity contribution in [3.8, 4) is 6.07 Å². The predicted molar refractivity (Wildman–Crippen MR) is 106 cm³/mol. The Balaban J connectivity index is 0.00000312. The van der Waals surface area contributed by atoms with E-state index in [1.807, 2.05) is 31.6 Å².